The molecule has 0 unspecified atom stereocenters. The third-order valence-electron chi connectivity index (χ3n) is 1.74. The molecule has 0 aliphatic rings. The maximum atomic E-state index is 12.3. The summed E-state index contributed by atoms with van der Waals surface area (Å²) in [4.78, 5) is 0. The van der Waals surface area contributed by atoms with Crippen LogP contribution in [0.25, 0.3) is 0 Å². The van der Waals surface area contributed by atoms with E-state index in [1.807, 2.05) is 0 Å². The number of halogens is 5. The van der Waals surface area contributed by atoms with Gasteiger partial charge in [0.15, 0.2) is 5.75 Å². The molecular formula is C10H3BrClF3N4O. The molecule has 10 heteroatoms. The Hall–Kier alpha value is -1.97. The fourth-order valence-corrected chi connectivity index (χ4v) is 1.87. The molecule has 0 atom stereocenters. The number of benzene rings is 1. The van der Waals surface area contributed by atoms with E-state index in [4.69, 9.17) is 22.1 Å². The van der Waals surface area contributed by atoms with Crippen molar-refractivity contribution in [3.63, 3.8) is 0 Å². The van der Waals surface area contributed by atoms with Gasteiger partial charge in [-0.2, -0.15) is 15.6 Å². The van der Waals surface area contributed by atoms with E-state index in [1.165, 1.54) is 18.2 Å². The van der Waals surface area contributed by atoms with Crippen molar-refractivity contribution in [2.75, 3.05) is 5.43 Å². The van der Waals surface area contributed by atoms with E-state index in [0.717, 1.165) is 6.07 Å². The minimum absolute atomic E-state index is 0.141. The van der Waals surface area contributed by atoms with Crippen molar-refractivity contribution in [2.24, 2.45) is 5.10 Å². The van der Waals surface area contributed by atoms with Gasteiger partial charge in [-0.3, -0.25) is 5.43 Å². The van der Waals surface area contributed by atoms with Crippen LogP contribution in [0.2, 0.25) is 5.02 Å². The molecule has 20 heavy (non-hydrogen) atoms. The van der Waals surface area contributed by atoms with E-state index in [-0.39, 0.29) is 15.2 Å². The number of hydrogen-bond donors (Lipinski definition) is 1. The van der Waals surface area contributed by atoms with Gasteiger partial charge in [0.05, 0.1) is 5.02 Å². The summed E-state index contributed by atoms with van der Waals surface area (Å²) < 4.78 is 40.8. The SMILES string of the molecule is N#CC(C#N)=NNc1c(Cl)cc(Br)cc1OC(F)(F)F. The fourth-order valence-electron chi connectivity index (χ4n) is 1.05. The van der Waals surface area contributed by atoms with Crippen LogP contribution in [0.3, 0.4) is 0 Å². The first kappa shape index (κ1) is 16.1. The van der Waals surface area contributed by atoms with Crippen LogP contribution in [-0.2, 0) is 0 Å². The number of rotatable bonds is 3. The molecule has 0 amide bonds. The summed E-state index contributed by atoms with van der Waals surface area (Å²) in [6.45, 7) is 0. The van der Waals surface area contributed by atoms with Crippen molar-refractivity contribution in [1.82, 2.24) is 0 Å². The molecule has 0 bridgehead atoms. The lowest BCUT2D eigenvalue weighted by molar-refractivity contribution is -0.274. The molecular weight excluding hydrogens is 364 g/mol. The second-order valence-corrected chi connectivity index (χ2v) is 4.43. The summed E-state index contributed by atoms with van der Waals surface area (Å²) in [7, 11) is 0. The van der Waals surface area contributed by atoms with Gasteiger partial charge < -0.3 is 4.74 Å². The first-order chi connectivity index (χ1) is 9.26. The van der Waals surface area contributed by atoms with Gasteiger partial charge in [-0.25, -0.2) is 0 Å². The molecule has 0 saturated carbocycles. The monoisotopic (exact) mass is 366 g/mol. The van der Waals surface area contributed by atoms with E-state index in [1.54, 1.807) is 0 Å². The standard InChI is InChI=1S/C10H3BrClF3N4O/c11-5-1-7(12)9(19-18-6(3-16)4-17)8(2-5)20-10(13,14)15/h1-2,19H. The molecule has 0 aromatic heterocycles. The maximum absolute atomic E-state index is 12.3. The highest BCUT2D eigenvalue weighted by atomic mass is 79.9. The van der Waals surface area contributed by atoms with Crippen LogP contribution < -0.4 is 10.2 Å². The van der Waals surface area contributed by atoms with Gasteiger partial charge in [-0.1, -0.05) is 27.5 Å². The lowest BCUT2D eigenvalue weighted by Gasteiger charge is -2.14. The van der Waals surface area contributed by atoms with Crippen LogP contribution in [0, 0.1) is 22.7 Å². The second-order valence-electron chi connectivity index (χ2n) is 3.10. The summed E-state index contributed by atoms with van der Waals surface area (Å²) in [5.74, 6) is -0.657. The van der Waals surface area contributed by atoms with Crippen LogP contribution in [0.1, 0.15) is 0 Å². The van der Waals surface area contributed by atoms with Gasteiger partial charge in [0.1, 0.15) is 17.8 Å². The molecule has 0 aliphatic carbocycles. The molecule has 0 fully saturated rings. The van der Waals surface area contributed by atoms with Crippen molar-refractivity contribution in [2.45, 2.75) is 6.36 Å². The molecule has 0 spiro atoms. The minimum Gasteiger partial charge on any atom is -0.403 e. The summed E-state index contributed by atoms with van der Waals surface area (Å²) in [6.07, 6.45) is -4.93. The number of anilines is 1. The fraction of sp³-hybridized carbons (Fsp3) is 0.100. The largest absolute Gasteiger partial charge is 0.573 e. The quantitative estimate of drug-likeness (QED) is 0.650. The molecule has 0 radical (unpaired) electrons. The Morgan fingerprint density at radius 3 is 2.45 bits per heavy atom. The maximum Gasteiger partial charge on any atom is 0.573 e. The van der Waals surface area contributed by atoms with Crippen molar-refractivity contribution in [3.8, 4) is 17.9 Å². The zero-order valence-electron chi connectivity index (χ0n) is 9.29. The van der Waals surface area contributed by atoms with Crippen molar-refractivity contribution in [1.29, 1.82) is 10.5 Å². The second kappa shape index (κ2) is 6.46. The molecule has 0 aliphatic heterocycles. The van der Waals surface area contributed by atoms with Gasteiger partial charge in [-0.05, 0) is 12.1 Å². The third-order valence-corrected chi connectivity index (χ3v) is 2.49. The number of ether oxygens (including phenoxy) is 1. The van der Waals surface area contributed by atoms with E-state index in [2.05, 4.69) is 31.2 Å². The average Bonchev–Trinajstić information content (AvgIpc) is 2.30. The number of nitriles is 2. The Morgan fingerprint density at radius 2 is 1.95 bits per heavy atom. The van der Waals surface area contributed by atoms with Gasteiger partial charge >= 0.3 is 6.36 Å². The van der Waals surface area contributed by atoms with Crippen LogP contribution in [0.5, 0.6) is 5.75 Å². The first-order valence-corrected chi connectivity index (χ1v) is 5.82. The molecule has 104 valence electrons. The molecule has 5 nitrogen and oxygen atoms in total. The van der Waals surface area contributed by atoms with Gasteiger partial charge in [0, 0.05) is 4.47 Å². The molecule has 1 N–H and O–H groups in total. The summed E-state index contributed by atoms with van der Waals surface area (Å²) in [6, 6.07) is 5.17. The number of nitrogens with one attached hydrogen (secondary N) is 1. The van der Waals surface area contributed by atoms with Gasteiger partial charge in [0.2, 0.25) is 5.71 Å². The Morgan fingerprint density at radius 1 is 1.35 bits per heavy atom. The highest BCUT2D eigenvalue weighted by Crippen LogP contribution is 2.38. The van der Waals surface area contributed by atoms with E-state index in [0.29, 0.717) is 0 Å². The smallest absolute Gasteiger partial charge is 0.403 e. The summed E-state index contributed by atoms with van der Waals surface area (Å²) in [5.41, 5.74) is 1.19. The van der Waals surface area contributed by atoms with Gasteiger partial charge in [0.25, 0.3) is 0 Å². The Labute approximate surface area is 124 Å². The summed E-state index contributed by atoms with van der Waals surface area (Å²) in [5, 5.41) is 20.1. The van der Waals surface area contributed by atoms with Crippen LogP contribution in [0.4, 0.5) is 18.9 Å². The predicted octanol–water partition coefficient (Wildman–Crippen LogP) is 3.82. The zero-order valence-corrected chi connectivity index (χ0v) is 11.6. The van der Waals surface area contributed by atoms with E-state index in [9.17, 15) is 13.2 Å². The third kappa shape index (κ3) is 4.61. The number of nitrogens with zero attached hydrogens (tertiary/aromatic N) is 3. The zero-order chi connectivity index (χ0) is 15.3. The van der Waals surface area contributed by atoms with E-state index < -0.39 is 17.8 Å². The van der Waals surface area contributed by atoms with Crippen LogP contribution >= 0.6 is 27.5 Å². The molecule has 1 aromatic carbocycles. The molecule has 0 saturated heterocycles. The van der Waals surface area contributed by atoms with Gasteiger partial charge in [-0.15, -0.1) is 13.2 Å². The number of hydrazone groups is 1. The highest BCUT2D eigenvalue weighted by Gasteiger charge is 2.32. The lowest BCUT2D eigenvalue weighted by atomic mass is 10.3. The van der Waals surface area contributed by atoms with Crippen molar-refractivity contribution in [3.05, 3.63) is 21.6 Å². The Balaban J connectivity index is 3.21. The normalized spacial score (nSPS) is 10.2. The average molecular weight is 368 g/mol. The first-order valence-electron chi connectivity index (χ1n) is 4.65. The molecule has 1 aromatic rings. The topological polar surface area (TPSA) is 81.2 Å². The number of alkyl halides is 3. The highest BCUT2D eigenvalue weighted by molar-refractivity contribution is 9.10. The Bertz CT molecular complexity index is 617. The van der Waals surface area contributed by atoms with Crippen LogP contribution in [0.15, 0.2) is 21.7 Å². The Kier molecular flexibility index (Phi) is 5.19. The minimum atomic E-state index is -4.93. The predicted molar refractivity (Wildman–Crippen MR) is 68.1 cm³/mol. The molecule has 0 heterocycles. The van der Waals surface area contributed by atoms with E-state index >= 15 is 0 Å². The van der Waals surface area contributed by atoms with Crippen LogP contribution in [-0.4, -0.2) is 12.1 Å². The summed E-state index contributed by atoms with van der Waals surface area (Å²) >= 11 is 8.72. The molecule has 1 rings (SSSR count). The lowest BCUT2D eigenvalue weighted by Crippen LogP contribution is -2.18. The van der Waals surface area contributed by atoms with Crippen molar-refractivity contribution < 1.29 is 17.9 Å². The number of hydrogen-bond acceptors (Lipinski definition) is 5. The van der Waals surface area contributed by atoms with Crippen molar-refractivity contribution >= 4 is 38.9 Å².